The molecule has 2 aromatic rings. The largest absolute Gasteiger partial charge is 0.383 e. The van der Waals surface area contributed by atoms with Crippen LogP contribution in [-0.4, -0.2) is 55.0 Å². The van der Waals surface area contributed by atoms with Crippen molar-refractivity contribution in [2.75, 3.05) is 38.7 Å². The molecule has 2 heterocycles. The lowest BCUT2D eigenvalue weighted by Crippen LogP contribution is -2.45. The van der Waals surface area contributed by atoms with Gasteiger partial charge in [0.2, 0.25) is 0 Å². The van der Waals surface area contributed by atoms with E-state index < -0.39 is 0 Å². The average Bonchev–Trinajstić information content (AvgIpc) is 3.02. The Morgan fingerprint density at radius 3 is 3.04 bits per heavy atom. The summed E-state index contributed by atoms with van der Waals surface area (Å²) < 4.78 is 13.0. The lowest BCUT2D eigenvalue weighted by Gasteiger charge is -2.32. The maximum Gasteiger partial charge on any atom is 0.321 e. The summed E-state index contributed by atoms with van der Waals surface area (Å²) in [5, 5.41) is 4.13. The van der Waals surface area contributed by atoms with Crippen LogP contribution >= 0.6 is 0 Å². The highest BCUT2D eigenvalue weighted by Gasteiger charge is 2.23. The third-order valence-electron chi connectivity index (χ3n) is 4.63. The Hall–Kier alpha value is -2.05. The van der Waals surface area contributed by atoms with E-state index in [2.05, 4.69) is 16.0 Å². The smallest absolute Gasteiger partial charge is 0.321 e. The first-order chi connectivity index (χ1) is 12.2. The van der Waals surface area contributed by atoms with Gasteiger partial charge in [0, 0.05) is 56.1 Å². The zero-order valence-electron chi connectivity index (χ0n) is 15.0. The first kappa shape index (κ1) is 17.8. The third-order valence-corrected chi connectivity index (χ3v) is 4.63. The number of fused-ring (bicyclic) bond motifs is 1. The van der Waals surface area contributed by atoms with Crippen molar-refractivity contribution < 1.29 is 14.3 Å². The predicted octanol–water partition coefficient (Wildman–Crippen LogP) is 3.32. The van der Waals surface area contributed by atoms with E-state index in [-0.39, 0.29) is 12.1 Å². The van der Waals surface area contributed by atoms with Gasteiger partial charge >= 0.3 is 6.03 Å². The number of benzene rings is 1. The van der Waals surface area contributed by atoms with E-state index in [9.17, 15) is 4.79 Å². The Bertz CT molecular complexity index is 711. The number of carbonyl (C=O) groups excluding carboxylic acids is 1. The van der Waals surface area contributed by atoms with Crippen LogP contribution < -0.4 is 5.32 Å². The summed E-state index contributed by atoms with van der Waals surface area (Å²) in [5.41, 5.74) is 1.96. The maximum absolute atomic E-state index is 12.5. The van der Waals surface area contributed by atoms with Crippen LogP contribution in [0.4, 0.5) is 10.5 Å². The van der Waals surface area contributed by atoms with Gasteiger partial charge in [-0.1, -0.05) is 0 Å². The highest BCUT2D eigenvalue weighted by Crippen LogP contribution is 2.21. The summed E-state index contributed by atoms with van der Waals surface area (Å²) in [5.74, 6) is 0. The Kier molecular flexibility index (Phi) is 5.94. The first-order valence-corrected chi connectivity index (χ1v) is 8.96. The molecule has 0 aliphatic carbocycles. The lowest BCUT2D eigenvalue weighted by molar-refractivity contribution is 0.0181. The molecule has 1 aliphatic rings. The number of amides is 2. The zero-order chi connectivity index (χ0) is 17.6. The van der Waals surface area contributed by atoms with Crippen LogP contribution in [0.25, 0.3) is 10.9 Å². The number of nitrogens with one attached hydrogen (secondary N) is 1. The van der Waals surface area contributed by atoms with Gasteiger partial charge in [0.25, 0.3) is 0 Å². The van der Waals surface area contributed by atoms with Crippen LogP contribution in [0, 0.1) is 0 Å². The number of rotatable bonds is 6. The molecule has 0 radical (unpaired) electrons. The normalized spacial score (nSPS) is 17.8. The minimum Gasteiger partial charge on any atom is -0.383 e. The van der Waals surface area contributed by atoms with Gasteiger partial charge in [0.15, 0.2) is 0 Å². The standard InChI is InChI=1S/C19H27N3O3/c1-3-25-17-5-4-9-22(14-17)19(23)20-16-6-7-18-15(13-16)8-10-21(18)11-12-24-2/h6-8,10,13,17H,3-5,9,11-12,14H2,1-2H3,(H,20,23)/t17-/m0/s1. The molecule has 0 bridgehead atoms. The summed E-state index contributed by atoms with van der Waals surface area (Å²) in [6.45, 7) is 5.63. The number of hydrogen-bond acceptors (Lipinski definition) is 3. The van der Waals surface area contributed by atoms with Crippen molar-refractivity contribution in [3.05, 3.63) is 30.5 Å². The summed E-state index contributed by atoms with van der Waals surface area (Å²) in [7, 11) is 1.70. The molecule has 136 valence electrons. The van der Waals surface area contributed by atoms with Gasteiger partial charge in [-0.3, -0.25) is 0 Å². The number of hydrogen-bond donors (Lipinski definition) is 1. The fourth-order valence-electron chi connectivity index (χ4n) is 3.36. The van der Waals surface area contributed by atoms with Crippen molar-refractivity contribution in [3.63, 3.8) is 0 Å². The van der Waals surface area contributed by atoms with Crippen LogP contribution in [0.1, 0.15) is 19.8 Å². The number of anilines is 1. The van der Waals surface area contributed by atoms with Gasteiger partial charge < -0.3 is 24.3 Å². The quantitative estimate of drug-likeness (QED) is 0.874. The predicted molar refractivity (Wildman–Crippen MR) is 99.1 cm³/mol. The van der Waals surface area contributed by atoms with Gasteiger partial charge in [0.1, 0.15) is 0 Å². The van der Waals surface area contributed by atoms with Crippen molar-refractivity contribution in [1.29, 1.82) is 0 Å². The SMILES string of the molecule is CCO[C@H]1CCCN(C(=O)Nc2ccc3c(ccn3CCOC)c2)C1. The molecule has 0 unspecified atom stereocenters. The third kappa shape index (κ3) is 4.32. The van der Waals surface area contributed by atoms with Crippen molar-refractivity contribution in [2.45, 2.75) is 32.4 Å². The van der Waals surface area contributed by atoms with Crippen molar-refractivity contribution >= 4 is 22.6 Å². The maximum atomic E-state index is 12.5. The fraction of sp³-hybridized carbons (Fsp3) is 0.526. The number of ether oxygens (including phenoxy) is 2. The molecule has 3 rings (SSSR count). The van der Waals surface area contributed by atoms with E-state index in [0.29, 0.717) is 19.8 Å². The van der Waals surface area contributed by atoms with Crippen LogP contribution in [0.5, 0.6) is 0 Å². The fourth-order valence-corrected chi connectivity index (χ4v) is 3.36. The van der Waals surface area contributed by atoms with Crippen LogP contribution in [0.2, 0.25) is 0 Å². The molecule has 1 aliphatic heterocycles. The van der Waals surface area contributed by atoms with Crippen LogP contribution in [-0.2, 0) is 16.0 Å². The molecule has 1 fully saturated rings. The summed E-state index contributed by atoms with van der Waals surface area (Å²) in [6, 6.07) is 8.02. The van der Waals surface area contributed by atoms with E-state index in [1.54, 1.807) is 7.11 Å². The second kappa shape index (κ2) is 8.36. The molecule has 6 nitrogen and oxygen atoms in total. The van der Waals surface area contributed by atoms with Crippen molar-refractivity contribution in [1.82, 2.24) is 9.47 Å². The summed E-state index contributed by atoms with van der Waals surface area (Å²) in [6.07, 6.45) is 4.21. The molecular weight excluding hydrogens is 318 g/mol. The van der Waals surface area contributed by atoms with Gasteiger partial charge in [-0.2, -0.15) is 0 Å². The molecule has 0 spiro atoms. The second-order valence-electron chi connectivity index (χ2n) is 6.37. The number of nitrogens with zero attached hydrogens (tertiary/aromatic N) is 2. The van der Waals surface area contributed by atoms with E-state index in [1.807, 2.05) is 36.2 Å². The van der Waals surface area contributed by atoms with Crippen LogP contribution in [0.15, 0.2) is 30.5 Å². The monoisotopic (exact) mass is 345 g/mol. The van der Waals surface area contributed by atoms with Crippen LogP contribution in [0.3, 0.4) is 0 Å². The Morgan fingerprint density at radius 1 is 1.36 bits per heavy atom. The van der Waals surface area contributed by atoms with E-state index in [1.165, 1.54) is 0 Å². The number of methoxy groups -OCH3 is 1. The number of piperidine rings is 1. The molecule has 2 amide bonds. The summed E-state index contributed by atoms with van der Waals surface area (Å²) in [4.78, 5) is 14.4. The zero-order valence-corrected chi connectivity index (χ0v) is 15.0. The van der Waals surface area contributed by atoms with Gasteiger partial charge in [0.05, 0.1) is 12.7 Å². The molecule has 1 atom stereocenters. The van der Waals surface area contributed by atoms with Crippen molar-refractivity contribution in [3.8, 4) is 0 Å². The lowest BCUT2D eigenvalue weighted by atomic mass is 10.1. The van der Waals surface area contributed by atoms with Gasteiger partial charge in [-0.25, -0.2) is 4.79 Å². The minimum atomic E-state index is -0.0532. The highest BCUT2D eigenvalue weighted by molar-refractivity contribution is 5.93. The number of aromatic nitrogens is 1. The Balaban J connectivity index is 1.65. The number of carbonyl (C=O) groups is 1. The molecule has 1 aromatic heterocycles. The van der Waals surface area contributed by atoms with E-state index in [4.69, 9.17) is 9.47 Å². The molecule has 6 heteroatoms. The molecular formula is C19H27N3O3. The first-order valence-electron chi connectivity index (χ1n) is 8.96. The topological polar surface area (TPSA) is 55.7 Å². The number of urea groups is 1. The molecule has 1 aromatic carbocycles. The molecule has 1 saturated heterocycles. The number of likely N-dealkylation sites (tertiary alicyclic amines) is 1. The van der Waals surface area contributed by atoms with E-state index >= 15 is 0 Å². The Morgan fingerprint density at radius 2 is 2.24 bits per heavy atom. The summed E-state index contributed by atoms with van der Waals surface area (Å²) >= 11 is 0. The molecule has 0 saturated carbocycles. The van der Waals surface area contributed by atoms with E-state index in [0.717, 1.165) is 42.5 Å². The Labute approximate surface area is 148 Å². The molecule has 1 N–H and O–H groups in total. The minimum absolute atomic E-state index is 0.0532. The van der Waals surface area contributed by atoms with Crippen molar-refractivity contribution in [2.24, 2.45) is 0 Å². The molecule has 25 heavy (non-hydrogen) atoms. The van der Waals surface area contributed by atoms with Gasteiger partial charge in [-0.15, -0.1) is 0 Å². The average molecular weight is 345 g/mol. The van der Waals surface area contributed by atoms with Gasteiger partial charge in [-0.05, 0) is 44.0 Å². The highest BCUT2D eigenvalue weighted by atomic mass is 16.5. The second-order valence-corrected chi connectivity index (χ2v) is 6.37.